The van der Waals surface area contributed by atoms with Crippen molar-refractivity contribution in [3.8, 4) is 0 Å². The summed E-state index contributed by atoms with van der Waals surface area (Å²) < 4.78 is 5.72. The van der Waals surface area contributed by atoms with E-state index in [0.29, 0.717) is 0 Å². The molecule has 1 unspecified atom stereocenters. The smallest absolute Gasteiger partial charge is 0.269 e. The molecule has 0 amide bonds. The number of nitrogens with zero attached hydrogens (tertiary/aromatic N) is 2. The van der Waals surface area contributed by atoms with Crippen molar-refractivity contribution in [2.45, 2.75) is 20.0 Å². The summed E-state index contributed by atoms with van der Waals surface area (Å²) in [5.74, 6) is 0. The Labute approximate surface area is 118 Å². The zero-order valence-electron chi connectivity index (χ0n) is 12.0. The predicted molar refractivity (Wildman–Crippen MR) is 78.2 cm³/mol. The number of anilines is 1. The fourth-order valence-electron chi connectivity index (χ4n) is 2.37. The van der Waals surface area contributed by atoms with E-state index in [4.69, 9.17) is 4.74 Å². The van der Waals surface area contributed by atoms with E-state index in [1.807, 2.05) is 6.92 Å². The van der Waals surface area contributed by atoms with Crippen molar-refractivity contribution in [3.05, 3.63) is 33.9 Å². The van der Waals surface area contributed by atoms with Crippen LogP contribution in [0.5, 0.6) is 0 Å². The molecule has 0 spiro atoms. The minimum atomic E-state index is -0.375. The Hall–Kier alpha value is -1.66. The second-order valence-corrected chi connectivity index (χ2v) is 5.02. The molecular formula is C14H21N3O3. The fourth-order valence-corrected chi connectivity index (χ4v) is 2.37. The average Bonchev–Trinajstić information content (AvgIpc) is 2.46. The van der Waals surface area contributed by atoms with Crippen LogP contribution in [0.2, 0.25) is 0 Å². The van der Waals surface area contributed by atoms with Crippen molar-refractivity contribution in [2.75, 3.05) is 38.1 Å². The van der Waals surface area contributed by atoms with Gasteiger partial charge < -0.3 is 10.1 Å². The topological polar surface area (TPSA) is 67.6 Å². The van der Waals surface area contributed by atoms with E-state index in [0.717, 1.165) is 44.0 Å². The monoisotopic (exact) mass is 279 g/mol. The van der Waals surface area contributed by atoms with Crippen molar-refractivity contribution in [1.29, 1.82) is 0 Å². The van der Waals surface area contributed by atoms with Gasteiger partial charge in [-0.2, -0.15) is 0 Å². The summed E-state index contributed by atoms with van der Waals surface area (Å²) in [7, 11) is 0. The van der Waals surface area contributed by atoms with Crippen LogP contribution in [0.1, 0.15) is 12.5 Å². The molecule has 1 fully saturated rings. The van der Waals surface area contributed by atoms with Crippen molar-refractivity contribution < 1.29 is 9.66 Å². The number of ether oxygens (including phenoxy) is 1. The van der Waals surface area contributed by atoms with Gasteiger partial charge in [-0.1, -0.05) is 6.92 Å². The number of nitrogens with one attached hydrogen (secondary N) is 1. The SMILES string of the molecule is CCN1CCOC(CNc2ccc([N+](=O)[O-])cc2C)C1. The van der Waals surface area contributed by atoms with Crippen LogP contribution < -0.4 is 5.32 Å². The van der Waals surface area contributed by atoms with Crippen LogP contribution in [0.15, 0.2) is 18.2 Å². The number of hydrogen-bond donors (Lipinski definition) is 1. The lowest BCUT2D eigenvalue weighted by molar-refractivity contribution is -0.384. The highest BCUT2D eigenvalue weighted by molar-refractivity contribution is 5.55. The third kappa shape index (κ3) is 3.68. The molecule has 1 N–H and O–H groups in total. The Balaban J connectivity index is 1.92. The Morgan fingerprint density at radius 2 is 2.35 bits per heavy atom. The molecule has 1 aromatic rings. The summed E-state index contributed by atoms with van der Waals surface area (Å²) >= 11 is 0. The number of non-ortho nitro benzene ring substituents is 1. The zero-order valence-corrected chi connectivity index (χ0v) is 12.0. The van der Waals surface area contributed by atoms with Gasteiger partial charge in [-0.05, 0) is 25.1 Å². The number of hydrogen-bond acceptors (Lipinski definition) is 5. The van der Waals surface area contributed by atoms with E-state index in [9.17, 15) is 10.1 Å². The van der Waals surface area contributed by atoms with Crippen molar-refractivity contribution in [2.24, 2.45) is 0 Å². The van der Waals surface area contributed by atoms with Gasteiger partial charge in [0.15, 0.2) is 0 Å². The van der Waals surface area contributed by atoms with Gasteiger partial charge in [0, 0.05) is 37.5 Å². The lowest BCUT2D eigenvalue weighted by atomic mass is 10.1. The highest BCUT2D eigenvalue weighted by atomic mass is 16.6. The first-order chi connectivity index (χ1) is 9.60. The third-order valence-corrected chi connectivity index (χ3v) is 3.61. The second-order valence-electron chi connectivity index (χ2n) is 5.02. The molecule has 0 aromatic heterocycles. The Morgan fingerprint density at radius 3 is 3.00 bits per heavy atom. The van der Waals surface area contributed by atoms with Crippen molar-refractivity contribution in [1.82, 2.24) is 4.90 Å². The van der Waals surface area contributed by atoms with E-state index >= 15 is 0 Å². The third-order valence-electron chi connectivity index (χ3n) is 3.61. The molecule has 0 bridgehead atoms. The molecule has 1 aliphatic rings. The summed E-state index contributed by atoms with van der Waals surface area (Å²) in [6, 6.07) is 4.87. The van der Waals surface area contributed by atoms with Gasteiger partial charge in [0.25, 0.3) is 5.69 Å². The zero-order chi connectivity index (χ0) is 14.5. The lowest BCUT2D eigenvalue weighted by Crippen LogP contribution is -2.45. The van der Waals surface area contributed by atoms with Gasteiger partial charge in [-0.15, -0.1) is 0 Å². The van der Waals surface area contributed by atoms with E-state index in [1.165, 1.54) is 6.07 Å². The van der Waals surface area contributed by atoms with Gasteiger partial charge in [-0.3, -0.25) is 15.0 Å². The van der Waals surface area contributed by atoms with Crippen LogP contribution >= 0.6 is 0 Å². The first-order valence-electron chi connectivity index (χ1n) is 6.93. The Bertz CT molecular complexity index is 479. The average molecular weight is 279 g/mol. The van der Waals surface area contributed by atoms with E-state index in [2.05, 4.69) is 17.1 Å². The van der Waals surface area contributed by atoms with Gasteiger partial charge in [0.05, 0.1) is 17.6 Å². The quantitative estimate of drug-likeness (QED) is 0.660. The van der Waals surface area contributed by atoms with Crippen molar-refractivity contribution >= 4 is 11.4 Å². The normalized spacial score (nSPS) is 19.8. The van der Waals surface area contributed by atoms with Crippen LogP contribution in [0.4, 0.5) is 11.4 Å². The summed E-state index contributed by atoms with van der Waals surface area (Å²) in [6.45, 7) is 8.45. The number of aryl methyl sites for hydroxylation is 1. The lowest BCUT2D eigenvalue weighted by Gasteiger charge is -2.32. The van der Waals surface area contributed by atoms with Gasteiger partial charge >= 0.3 is 0 Å². The van der Waals surface area contributed by atoms with Crippen LogP contribution in [-0.4, -0.2) is 48.7 Å². The van der Waals surface area contributed by atoms with Crippen molar-refractivity contribution in [3.63, 3.8) is 0 Å². The molecule has 6 nitrogen and oxygen atoms in total. The maximum atomic E-state index is 10.7. The number of nitro benzene ring substituents is 1. The molecule has 1 aliphatic heterocycles. The second kappa shape index (κ2) is 6.67. The highest BCUT2D eigenvalue weighted by Crippen LogP contribution is 2.21. The van der Waals surface area contributed by atoms with Gasteiger partial charge in [0.1, 0.15) is 0 Å². The number of rotatable bonds is 5. The largest absolute Gasteiger partial charge is 0.382 e. The molecule has 1 aromatic carbocycles. The van der Waals surface area contributed by atoms with Gasteiger partial charge in [-0.25, -0.2) is 0 Å². The molecule has 1 atom stereocenters. The number of likely N-dealkylation sites (N-methyl/N-ethyl adjacent to an activating group) is 1. The molecule has 6 heteroatoms. The molecule has 0 saturated carbocycles. The summed E-state index contributed by atoms with van der Waals surface area (Å²) in [6.07, 6.45) is 0.165. The van der Waals surface area contributed by atoms with Crippen LogP contribution in [0, 0.1) is 17.0 Å². The molecule has 20 heavy (non-hydrogen) atoms. The van der Waals surface area contributed by atoms with Gasteiger partial charge in [0.2, 0.25) is 0 Å². The highest BCUT2D eigenvalue weighted by Gasteiger charge is 2.19. The first-order valence-corrected chi connectivity index (χ1v) is 6.93. The molecule has 0 radical (unpaired) electrons. The Morgan fingerprint density at radius 1 is 1.55 bits per heavy atom. The summed E-state index contributed by atoms with van der Waals surface area (Å²) in [5.41, 5.74) is 1.93. The van der Waals surface area contributed by atoms with E-state index in [1.54, 1.807) is 12.1 Å². The minimum absolute atomic E-state index is 0.124. The molecule has 1 saturated heterocycles. The first kappa shape index (κ1) is 14.7. The summed E-state index contributed by atoms with van der Waals surface area (Å²) in [4.78, 5) is 12.7. The molecule has 2 rings (SSSR count). The fraction of sp³-hybridized carbons (Fsp3) is 0.571. The van der Waals surface area contributed by atoms with E-state index < -0.39 is 0 Å². The summed E-state index contributed by atoms with van der Waals surface area (Å²) in [5, 5.41) is 14.0. The predicted octanol–water partition coefficient (Wildman–Crippen LogP) is 2.04. The van der Waals surface area contributed by atoms with E-state index in [-0.39, 0.29) is 16.7 Å². The molecule has 0 aliphatic carbocycles. The number of nitro groups is 1. The van der Waals surface area contributed by atoms with Crippen LogP contribution in [-0.2, 0) is 4.74 Å². The molecule has 1 heterocycles. The van der Waals surface area contributed by atoms with Crippen LogP contribution in [0.3, 0.4) is 0 Å². The minimum Gasteiger partial charge on any atom is -0.382 e. The Kier molecular flexibility index (Phi) is 4.92. The molecular weight excluding hydrogens is 258 g/mol. The number of morpholine rings is 1. The maximum Gasteiger partial charge on any atom is 0.269 e. The standard InChI is InChI=1S/C14H21N3O3/c1-3-16-6-7-20-13(10-16)9-15-14-5-4-12(17(18)19)8-11(14)2/h4-5,8,13,15H,3,6-7,9-10H2,1-2H3. The number of benzene rings is 1. The maximum absolute atomic E-state index is 10.7. The van der Waals surface area contributed by atoms with Crippen LogP contribution in [0.25, 0.3) is 0 Å². The molecule has 110 valence electrons.